The van der Waals surface area contributed by atoms with Crippen molar-refractivity contribution in [2.75, 3.05) is 14.7 Å². The van der Waals surface area contributed by atoms with Gasteiger partial charge in [-0.3, -0.25) is 0 Å². The van der Waals surface area contributed by atoms with Gasteiger partial charge in [-0.15, -0.1) is 0 Å². The number of ether oxygens (including phenoxy) is 1. The minimum absolute atomic E-state index is 0.0335. The van der Waals surface area contributed by atoms with Crippen molar-refractivity contribution in [3.05, 3.63) is 194 Å². The van der Waals surface area contributed by atoms with Gasteiger partial charge >= 0.3 is 0 Å². The predicted molar refractivity (Wildman–Crippen MR) is 286 cm³/mol. The SMILES string of the molecule is c1ccc2c(c1)Oc1ccc3c4c1B2c1ccc2c5c1N4c1c(ccc4c1B3c1ccccc1N4c1cccc3c1oc1ccccc13)B5c1ccccc1N2c1cccc2c1oc1ccccc12. The molecule has 8 heterocycles. The summed E-state index contributed by atoms with van der Waals surface area (Å²) in [6.45, 7) is -0.131. The second-order valence-electron chi connectivity index (χ2n) is 19.4. The zero-order valence-electron chi connectivity index (χ0n) is 36.8. The van der Waals surface area contributed by atoms with Gasteiger partial charge in [0.15, 0.2) is 11.2 Å². The summed E-state index contributed by atoms with van der Waals surface area (Å²) >= 11 is 0. The van der Waals surface area contributed by atoms with Crippen LogP contribution in [0.15, 0.2) is 203 Å². The van der Waals surface area contributed by atoms with Crippen molar-refractivity contribution in [2.24, 2.45) is 0 Å². The number of hydrogen-bond donors (Lipinski definition) is 0. The number of furan rings is 2. The van der Waals surface area contributed by atoms with Crippen molar-refractivity contribution in [3.8, 4) is 11.5 Å². The van der Waals surface area contributed by atoms with E-state index in [1.54, 1.807) is 0 Å². The van der Waals surface area contributed by atoms with E-state index in [2.05, 4.69) is 209 Å². The first-order valence-corrected chi connectivity index (χ1v) is 23.9. The molecule has 69 heavy (non-hydrogen) atoms. The lowest BCUT2D eigenvalue weighted by Gasteiger charge is -2.53. The zero-order valence-corrected chi connectivity index (χ0v) is 36.8. The largest absolute Gasteiger partial charge is 0.458 e. The second kappa shape index (κ2) is 12.2. The molecular formula is C60H32B3N3O3. The summed E-state index contributed by atoms with van der Waals surface area (Å²) in [6, 6.07) is 71.1. The highest BCUT2D eigenvalue weighted by Gasteiger charge is 2.56. The van der Waals surface area contributed by atoms with Crippen LogP contribution in [0.1, 0.15) is 0 Å². The molecular weight excluding hydrogens is 843 g/mol. The molecule has 0 bridgehead atoms. The molecule has 6 aliphatic heterocycles. The maximum atomic E-state index is 6.96. The standard InChI is InChI=1S/C60H32B3N3O3/c1-8-24-49-33(13-1)35-15-11-22-47(59(35)68-49)64-43-20-6-3-17-37(43)61-40-27-30-45-53-56(40)66-57-41(28-31-46(64)54(57)61)63-39-19-5-10-26-51(39)67-52-32-29-42(58(66)55(52)63)62(53)38-18-4-7-21-44(38)65(45)48-23-12-16-36-34-14-2-9-25-50(34)69-60(36)48/h1-32H. The maximum Gasteiger partial charge on any atom is 0.256 e. The number of rotatable bonds is 2. The normalized spacial score (nSPS) is 14.6. The average Bonchev–Trinajstić information content (AvgIpc) is 3.99. The smallest absolute Gasteiger partial charge is 0.256 e. The molecule has 0 aliphatic carbocycles. The Morgan fingerprint density at radius 1 is 0.275 bits per heavy atom. The third-order valence-corrected chi connectivity index (χ3v) is 16.3. The lowest BCUT2D eigenvalue weighted by molar-refractivity contribution is 0.487. The summed E-state index contributed by atoms with van der Waals surface area (Å²) in [7, 11) is 0. The van der Waals surface area contributed by atoms with Crippen molar-refractivity contribution in [2.45, 2.75) is 0 Å². The van der Waals surface area contributed by atoms with Gasteiger partial charge < -0.3 is 28.3 Å². The molecule has 2 aromatic heterocycles. The quantitative estimate of drug-likeness (QED) is 0.162. The molecule has 6 nitrogen and oxygen atoms in total. The van der Waals surface area contributed by atoms with Crippen LogP contribution in [0.25, 0.3) is 43.9 Å². The van der Waals surface area contributed by atoms with E-state index in [-0.39, 0.29) is 20.1 Å². The fourth-order valence-corrected chi connectivity index (χ4v) is 13.8. The zero-order chi connectivity index (χ0) is 44.4. The van der Waals surface area contributed by atoms with E-state index in [0.29, 0.717) is 0 Å². The van der Waals surface area contributed by atoms with E-state index in [1.165, 1.54) is 77.6 Å². The molecule has 0 unspecified atom stereocenters. The molecule has 0 radical (unpaired) electrons. The molecule has 18 rings (SSSR count). The van der Waals surface area contributed by atoms with Crippen LogP contribution in [0, 0.1) is 0 Å². The van der Waals surface area contributed by atoms with Crippen LogP contribution in [-0.4, -0.2) is 20.1 Å². The van der Waals surface area contributed by atoms with Crippen LogP contribution in [0.2, 0.25) is 0 Å². The van der Waals surface area contributed by atoms with E-state index in [9.17, 15) is 0 Å². The number of nitrogens with zero attached hydrogens (tertiary/aromatic N) is 3. The molecule has 0 saturated carbocycles. The summed E-state index contributed by atoms with van der Waals surface area (Å²) in [4.78, 5) is 7.65. The fraction of sp³-hybridized carbons (Fsp3) is 0. The Hall–Kier alpha value is -8.81. The highest BCUT2D eigenvalue weighted by atomic mass is 16.5. The van der Waals surface area contributed by atoms with Gasteiger partial charge in [-0.2, -0.15) is 0 Å². The monoisotopic (exact) mass is 875 g/mol. The highest BCUT2D eigenvalue weighted by Crippen LogP contribution is 2.51. The van der Waals surface area contributed by atoms with Gasteiger partial charge in [-0.25, -0.2) is 0 Å². The molecule has 0 saturated heterocycles. The van der Waals surface area contributed by atoms with Crippen LogP contribution >= 0.6 is 0 Å². The Balaban J connectivity index is 0.979. The van der Waals surface area contributed by atoms with Crippen molar-refractivity contribution >= 4 is 164 Å². The van der Waals surface area contributed by atoms with Crippen LogP contribution < -0.4 is 68.6 Å². The van der Waals surface area contributed by atoms with E-state index < -0.39 is 0 Å². The molecule has 9 heteroatoms. The summed E-state index contributed by atoms with van der Waals surface area (Å²) in [5.74, 6) is 1.84. The summed E-state index contributed by atoms with van der Waals surface area (Å²) in [5.41, 5.74) is 25.6. The molecule has 0 spiro atoms. The van der Waals surface area contributed by atoms with Gasteiger partial charge in [0.2, 0.25) is 0 Å². The third kappa shape index (κ3) is 4.10. The lowest BCUT2D eigenvalue weighted by atomic mass is 9.25. The number of hydrogen-bond acceptors (Lipinski definition) is 6. The fourth-order valence-electron chi connectivity index (χ4n) is 13.8. The van der Waals surface area contributed by atoms with Crippen molar-refractivity contribution in [3.63, 3.8) is 0 Å². The minimum Gasteiger partial charge on any atom is -0.458 e. The second-order valence-corrected chi connectivity index (χ2v) is 19.4. The molecule has 6 aliphatic rings. The number of anilines is 9. The van der Waals surface area contributed by atoms with Crippen LogP contribution in [-0.2, 0) is 0 Å². The van der Waals surface area contributed by atoms with Crippen molar-refractivity contribution < 1.29 is 13.6 Å². The van der Waals surface area contributed by atoms with Crippen LogP contribution in [0.4, 0.5) is 51.2 Å². The molecule has 0 atom stereocenters. The molecule has 12 aromatic rings. The van der Waals surface area contributed by atoms with Gasteiger partial charge in [0.1, 0.15) is 22.7 Å². The number of benzene rings is 10. The molecule has 314 valence electrons. The van der Waals surface area contributed by atoms with Gasteiger partial charge in [-0.05, 0) is 110 Å². The summed E-state index contributed by atoms with van der Waals surface area (Å²) in [5, 5.41) is 4.47. The van der Waals surface area contributed by atoms with E-state index in [1.807, 2.05) is 0 Å². The van der Waals surface area contributed by atoms with E-state index >= 15 is 0 Å². The Labute approximate surface area is 396 Å². The summed E-state index contributed by atoms with van der Waals surface area (Å²) < 4.78 is 20.7. The topological polar surface area (TPSA) is 45.2 Å². The van der Waals surface area contributed by atoms with Gasteiger partial charge in [0.25, 0.3) is 20.1 Å². The first-order valence-electron chi connectivity index (χ1n) is 23.9. The van der Waals surface area contributed by atoms with Gasteiger partial charge in [0.05, 0.1) is 11.4 Å². The molecule has 10 aromatic carbocycles. The van der Waals surface area contributed by atoms with E-state index in [4.69, 9.17) is 13.6 Å². The number of fused-ring (bicyclic) bond motifs is 15. The minimum atomic E-state index is -0.0553. The molecule has 0 fully saturated rings. The first kappa shape index (κ1) is 35.4. The Morgan fingerprint density at radius 3 is 1.29 bits per heavy atom. The summed E-state index contributed by atoms with van der Waals surface area (Å²) in [6.07, 6.45) is 0. The number of para-hydroxylation sites is 7. The third-order valence-electron chi connectivity index (χ3n) is 16.3. The van der Waals surface area contributed by atoms with Gasteiger partial charge in [-0.1, -0.05) is 133 Å². The van der Waals surface area contributed by atoms with Crippen LogP contribution in [0.5, 0.6) is 11.5 Å². The average molecular weight is 875 g/mol. The molecule has 0 N–H and O–H groups in total. The van der Waals surface area contributed by atoms with Gasteiger partial charge in [0, 0.05) is 61.4 Å². The van der Waals surface area contributed by atoms with Crippen molar-refractivity contribution in [1.29, 1.82) is 0 Å². The first-order chi connectivity index (χ1) is 34.3. The lowest BCUT2D eigenvalue weighted by Crippen LogP contribution is -2.73. The predicted octanol–water partition coefficient (Wildman–Crippen LogP) is 9.12. The van der Waals surface area contributed by atoms with Crippen LogP contribution in [0.3, 0.4) is 0 Å². The van der Waals surface area contributed by atoms with E-state index in [0.717, 1.165) is 78.1 Å². The maximum absolute atomic E-state index is 6.96. The van der Waals surface area contributed by atoms with Crippen molar-refractivity contribution in [1.82, 2.24) is 0 Å². The molecule has 0 amide bonds. The highest BCUT2D eigenvalue weighted by molar-refractivity contribution is 7.08. The Morgan fingerprint density at radius 2 is 0.710 bits per heavy atom. The Kier molecular flexibility index (Phi) is 6.26. The Bertz CT molecular complexity index is 4260.